The molecule has 4 N–H and O–H groups in total. The highest BCUT2D eigenvalue weighted by Crippen LogP contribution is 2.16. The molecule has 0 aliphatic heterocycles. The molecule has 16 nitrogen and oxygen atoms in total. The van der Waals surface area contributed by atoms with Crippen molar-refractivity contribution in [3.05, 3.63) is 18.6 Å². The van der Waals surface area contributed by atoms with Crippen LogP contribution in [0, 0.1) is 5.92 Å². The van der Waals surface area contributed by atoms with Crippen LogP contribution in [0.2, 0.25) is 0 Å². The lowest BCUT2D eigenvalue weighted by atomic mass is 10.0. The van der Waals surface area contributed by atoms with Crippen LogP contribution in [-0.4, -0.2) is 111 Å². The molecule has 0 radical (unpaired) electrons. The monoisotopic (exact) mass is 666 g/mol. The molecule has 0 saturated carbocycles. The van der Waals surface area contributed by atoms with Crippen LogP contribution in [0.5, 0.6) is 0 Å². The Hall–Kier alpha value is -3.83. The molecule has 0 aliphatic rings. The van der Waals surface area contributed by atoms with Gasteiger partial charge in [0.25, 0.3) is 0 Å². The van der Waals surface area contributed by atoms with Crippen molar-refractivity contribution in [2.45, 2.75) is 83.3 Å². The maximum atomic E-state index is 12.9. The lowest BCUT2D eigenvalue weighted by Gasteiger charge is -2.24. The molecular formula is C29H46N8O8S. The van der Waals surface area contributed by atoms with E-state index in [-0.39, 0.29) is 32.2 Å². The van der Waals surface area contributed by atoms with E-state index in [4.69, 9.17) is 14.2 Å². The predicted octanol–water partition coefficient (Wildman–Crippen LogP) is 1.90. The summed E-state index contributed by atoms with van der Waals surface area (Å²) >= 11 is 1.45. The van der Waals surface area contributed by atoms with E-state index < -0.39 is 41.6 Å². The molecule has 17 heteroatoms. The zero-order valence-corrected chi connectivity index (χ0v) is 28.1. The number of carbonyl (C=O) groups is 4. The average molecular weight is 667 g/mol. The number of aromatic nitrogens is 5. The van der Waals surface area contributed by atoms with Crippen molar-refractivity contribution >= 4 is 35.6 Å². The number of carboxylic acid groups (broad SMARTS) is 1. The number of aliphatic carboxylic acids is 1. The van der Waals surface area contributed by atoms with Gasteiger partial charge < -0.3 is 35.3 Å². The van der Waals surface area contributed by atoms with Gasteiger partial charge in [-0.05, 0) is 52.2 Å². The molecule has 0 bridgehead atoms. The van der Waals surface area contributed by atoms with Crippen molar-refractivity contribution in [1.29, 1.82) is 0 Å². The molecule has 2 heterocycles. The number of carboxylic acids is 1. The maximum absolute atomic E-state index is 12.9. The van der Waals surface area contributed by atoms with Gasteiger partial charge in [0.05, 0.1) is 32.6 Å². The van der Waals surface area contributed by atoms with E-state index in [2.05, 4.69) is 36.2 Å². The molecule has 2 aromatic heterocycles. The summed E-state index contributed by atoms with van der Waals surface area (Å²) in [4.78, 5) is 57.3. The standard InChI is InChI=1S/C29H46N8O8S/c1-19(2)24(25(39)33-21(26(40)41)9-7-8-10-30-28(42)45-29(3,4)5)34-23(38)18-44-14-13-43-12-11-37-17-22(35-36-37)20-15-31-27(46-6)32-16-20/h15-17,19,21,24H,7-14,18H2,1-6H3,(H,30,42)(H,33,39)(H,34,38)(H,40,41)/t21-,24-/m0/s1. The number of alkyl carbamates (subject to hydrolysis) is 1. The summed E-state index contributed by atoms with van der Waals surface area (Å²) in [7, 11) is 0. The normalized spacial score (nSPS) is 12.8. The molecule has 0 spiro atoms. The van der Waals surface area contributed by atoms with Crippen LogP contribution in [0.4, 0.5) is 4.79 Å². The Balaban J connectivity index is 1.65. The number of thioether (sulfide) groups is 1. The average Bonchev–Trinajstić information content (AvgIpc) is 3.46. The van der Waals surface area contributed by atoms with Gasteiger partial charge in [-0.25, -0.2) is 24.2 Å². The van der Waals surface area contributed by atoms with Gasteiger partial charge >= 0.3 is 12.1 Å². The molecular weight excluding hydrogens is 620 g/mol. The highest BCUT2D eigenvalue weighted by atomic mass is 32.2. The number of amides is 3. The van der Waals surface area contributed by atoms with E-state index in [1.54, 1.807) is 57.9 Å². The van der Waals surface area contributed by atoms with Crippen LogP contribution in [0.25, 0.3) is 11.3 Å². The molecule has 3 amide bonds. The third kappa shape index (κ3) is 15.0. The largest absolute Gasteiger partial charge is 0.480 e. The van der Waals surface area contributed by atoms with Crippen molar-refractivity contribution in [1.82, 2.24) is 40.9 Å². The van der Waals surface area contributed by atoms with Gasteiger partial charge in [0.15, 0.2) is 5.16 Å². The second kappa shape index (κ2) is 19.6. The number of rotatable bonds is 20. The maximum Gasteiger partial charge on any atom is 0.407 e. The zero-order valence-electron chi connectivity index (χ0n) is 27.3. The number of hydrogen-bond acceptors (Lipinski definition) is 12. The van der Waals surface area contributed by atoms with E-state index in [1.807, 2.05) is 6.26 Å². The summed E-state index contributed by atoms with van der Waals surface area (Å²) in [5.41, 5.74) is 0.797. The number of carbonyl (C=O) groups excluding carboxylic acids is 3. The molecule has 256 valence electrons. The summed E-state index contributed by atoms with van der Waals surface area (Å²) in [6, 6.07) is -2.10. The quantitative estimate of drug-likeness (QED) is 0.0905. The van der Waals surface area contributed by atoms with Crippen LogP contribution in [-0.2, 0) is 35.1 Å². The summed E-state index contributed by atoms with van der Waals surface area (Å²) in [6.45, 7) is 9.95. The number of ether oxygens (including phenoxy) is 3. The minimum absolute atomic E-state index is 0.150. The van der Waals surface area contributed by atoms with Crippen molar-refractivity contribution in [3.8, 4) is 11.3 Å². The Labute approximate surface area is 273 Å². The van der Waals surface area contributed by atoms with Crippen LogP contribution in [0.1, 0.15) is 53.9 Å². The fraction of sp³-hybridized carbons (Fsp3) is 0.655. The molecule has 0 fully saturated rings. The minimum Gasteiger partial charge on any atom is -0.480 e. The molecule has 2 atom stereocenters. The first-order valence-electron chi connectivity index (χ1n) is 15.0. The first-order chi connectivity index (χ1) is 21.8. The topological polar surface area (TPSA) is 209 Å². The smallest absolute Gasteiger partial charge is 0.407 e. The van der Waals surface area contributed by atoms with Gasteiger partial charge in [0.1, 0.15) is 30.0 Å². The van der Waals surface area contributed by atoms with Gasteiger partial charge in [0, 0.05) is 24.5 Å². The third-order valence-corrected chi connectivity index (χ3v) is 6.76. The lowest BCUT2D eigenvalue weighted by Crippen LogP contribution is -2.54. The Morgan fingerprint density at radius 3 is 2.35 bits per heavy atom. The molecule has 2 aromatic rings. The van der Waals surface area contributed by atoms with Crippen molar-refractivity contribution in [2.24, 2.45) is 5.92 Å². The van der Waals surface area contributed by atoms with Gasteiger partial charge in [0.2, 0.25) is 11.8 Å². The fourth-order valence-corrected chi connectivity index (χ4v) is 4.20. The van der Waals surface area contributed by atoms with Gasteiger partial charge in [-0.15, -0.1) is 5.10 Å². The van der Waals surface area contributed by atoms with E-state index in [0.717, 1.165) is 5.56 Å². The molecule has 0 saturated heterocycles. The highest BCUT2D eigenvalue weighted by molar-refractivity contribution is 7.98. The minimum atomic E-state index is -1.19. The number of hydrogen-bond donors (Lipinski definition) is 4. The summed E-state index contributed by atoms with van der Waals surface area (Å²) in [6.07, 6.45) is 7.59. The first kappa shape index (κ1) is 38.4. The zero-order chi connectivity index (χ0) is 34.1. The summed E-state index contributed by atoms with van der Waals surface area (Å²) in [5, 5.41) is 26.2. The number of nitrogens with one attached hydrogen (secondary N) is 3. The Kier molecular flexibility index (Phi) is 16.4. The van der Waals surface area contributed by atoms with Crippen molar-refractivity contribution in [2.75, 3.05) is 39.2 Å². The van der Waals surface area contributed by atoms with Crippen LogP contribution in [0.3, 0.4) is 0 Å². The summed E-state index contributed by atoms with van der Waals surface area (Å²) < 4.78 is 17.7. The SMILES string of the molecule is CSc1ncc(-c2cn(CCOCCOCC(=O)N[C@H](C(=O)N[C@@H](CCCCNC(=O)OC(C)(C)C)C(=O)O)C(C)C)nn2)cn1. The summed E-state index contributed by atoms with van der Waals surface area (Å²) in [5.74, 6) is -2.62. The second-order valence-electron chi connectivity index (χ2n) is 11.6. The molecule has 0 aromatic carbocycles. The van der Waals surface area contributed by atoms with Crippen molar-refractivity contribution in [3.63, 3.8) is 0 Å². The Bertz CT molecular complexity index is 1250. The number of nitrogens with zero attached hydrogens (tertiary/aromatic N) is 5. The highest BCUT2D eigenvalue weighted by Gasteiger charge is 2.28. The first-order valence-corrected chi connectivity index (χ1v) is 16.2. The Morgan fingerprint density at radius 2 is 1.72 bits per heavy atom. The fourth-order valence-electron chi connectivity index (χ4n) is 3.88. The molecule has 0 unspecified atom stereocenters. The second-order valence-corrected chi connectivity index (χ2v) is 12.4. The van der Waals surface area contributed by atoms with E-state index in [0.29, 0.717) is 43.4 Å². The van der Waals surface area contributed by atoms with Crippen molar-refractivity contribution < 1.29 is 38.5 Å². The van der Waals surface area contributed by atoms with Gasteiger partial charge in [-0.3, -0.25) is 9.59 Å². The van der Waals surface area contributed by atoms with Crippen LogP contribution >= 0.6 is 11.8 Å². The molecule has 46 heavy (non-hydrogen) atoms. The van der Waals surface area contributed by atoms with Gasteiger partial charge in [-0.2, -0.15) is 0 Å². The molecule has 0 aliphatic carbocycles. The molecule has 2 rings (SSSR count). The van der Waals surface area contributed by atoms with Gasteiger partial charge in [-0.1, -0.05) is 30.8 Å². The predicted molar refractivity (Wildman–Crippen MR) is 169 cm³/mol. The van der Waals surface area contributed by atoms with E-state index in [1.165, 1.54) is 11.8 Å². The number of unbranched alkanes of at least 4 members (excludes halogenated alkanes) is 1. The van der Waals surface area contributed by atoms with E-state index in [9.17, 15) is 24.3 Å². The Morgan fingerprint density at radius 1 is 1.02 bits per heavy atom. The van der Waals surface area contributed by atoms with E-state index >= 15 is 0 Å². The third-order valence-electron chi connectivity index (χ3n) is 6.18. The lowest BCUT2D eigenvalue weighted by molar-refractivity contribution is -0.142. The van der Waals surface area contributed by atoms with Crippen LogP contribution < -0.4 is 16.0 Å². The van der Waals surface area contributed by atoms with Crippen LogP contribution in [0.15, 0.2) is 23.7 Å².